The Morgan fingerprint density at radius 1 is 1.11 bits per heavy atom. The highest BCUT2D eigenvalue weighted by Gasteiger charge is 2.53. The second-order valence-corrected chi connectivity index (χ2v) is 6.09. The fraction of sp³-hybridized carbons (Fsp3) is 0.857. The molecule has 18 heavy (non-hydrogen) atoms. The fourth-order valence-electron chi connectivity index (χ4n) is 3.86. The molecule has 3 rings (SSSR count). The van der Waals surface area contributed by atoms with Crippen molar-refractivity contribution in [3.05, 3.63) is 0 Å². The number of amides is 2. The van der Waals surface area contributed by atoms with Gasteiger partial charge in [0, 0.05) is 13.0 Å². The van der Waals surface area contributed by atoms with Crippen molar-refractivity contribution in [2.24, 2.45) is 5.41 Å². The molecule has 3 aliphatic rings. The molecule has 1 spiro atoms. The summed E-state index contributed by atoms with van der Waals surface area (Å²) in [5, 5.41) is 3.30. The number of hydrogen-bond donors (Lipinski definition) is 1. The summed E-state index contributed by atoms with van der Waals surface area (Å²) in [6.45, 7) is 1.80. The molecule has 0 aromatic carbocycles. The number of hydrogen-bond acceptors (Lipinski definition) is 3. The number of piperidine rings is 1. The summed E-state index contributed by atoms with van der Waals surface area (Å²) >= 11 is 0. The lowest BCUT2D eigenvalue weighted by Crippen LogP contribution is -2.50. The summed E-state index contributed by atoms with van der Waals surface area (Å²) in [6, 6.07) is 0.111. The highest BCUT2D eigenvalue weighted by atomic mass is 16.2. The third kappa shape index (κ3) is 1.87. The van der Waals surface area contributed by atoms with E-state index in [1.165, 1.54) is 6.42 Å². The van der Waals surface area contributed by atoms with Crippen LogP contribution in [0.15, 0.2) is 0 Å². The number of imide groups is 1. The Labute approximate surface area is 108 Å². The van der Waals surface area contributed by atoms with Crippen LogP contribution in [-0.4, -0.2) is 35.8 Å². The van der Waals surface area contributed by atoms with Crippen molar-refractivity contribution in [2.45, 2.75) is 57.4 Å². The van der Waals surface area contributed by atoms with Crippen molar-refractivity contribution in [1.82, 2.24) is 10.2 Å². The summed E-state index contributed by atoms with van der Waals surface area (Å²) < 4.78 is 0. The van der Waals surface area contributed by atoms with Crippen LogP contribution in [0.3, 0.4) is 0 Å². The molecular formula is C14H22N2O2. The van der Waals surface area contributed by atoms with Crippen molar-refractivity contribution < 1.29 is 9.59 Å². The highest BCUT2D eigenvalue weighted by molar-refractivity contribution is 6.06. The molecule has 0 radical (unpaired) electrons. The largest absolute Gasteiger partial charge is 0.315 e. The summed E-state index contributed by atoms with van der Waals surface area (Å²) in [5.41, 5.74) is -0.313. The van der Waals surface area contributed by atoms with Crippen molar-refractivity contribution in [2.75, 3.05) is 13.1 Å². The first-order valence-electron chi connectivity index (χ1n) is 7.30. The topological polar surface area (TPSA) is 49.4 Å². The quantitative estimate of drug-likeness (QED) is 0.717. The van der Waals surface area contributed by atoms with Crippen molar-refractivity contribution in [1.29, 1.82) is 0 Å². The molecule has 1 N–H and O–H groups in total. The molecule has 0 bridgehead atoms. The molecule has 3 fully saturated rings. The Kier molecular flexibility index (Phi) is 3.14. The zero-order valence-electron chi connectivity index (χ0n) is 10.9. The zero-order valence-corrected chi connectivity index (χ0v) is 10.9. The van der Waals surface area contributed by atoms with E-state index in [4.69, 9.17) is 0 Å². The fourth-order valence-corrected chi connectivity index (χ4v) is 3.86. The maximum atomic E-state index is 12.7. The molecule has 100 valence electrons. The number of nitrogens with zero attached hydrogens (tertiary/aromatic N) is 1. The second-order valence-electron chi connectivity index (χ2n) is 6.09. The van der Waals surface area contributed by atoms with E-state index < -0.39 is 0 Å². The first-order valence-corrected chi connectivity index (χ1v) is 7.30. The lowest BCUT2D eigenvalue weighted by Gasteiger charge is -2.34. The Balaban J connectivity index is 1.79. The molecule has 0 aromatic heterocycles. The average molecular weight is 250 g/mol. The van der Waals surface area contributed by atoms with Crippen LogP contribution < -0.4 is 5.32 Å². The van der Waals surface area contributed by atoms with Gasteiger partial charge in [0.25, 0.3) is 0 Å². The minimum Gasteiger partial charge on any atom is -0.315 e. The monoisotopic (exact) mass is 250 g/mol. The Hall–Kier alpha value is -0.900. The highest BCUT2D eigenvalue weighted by Crippen LogP contribution is 2.46. The predicted molar refractivity (Wildman–Crippen MR) is 67.9 cm³/mol. The van der Waals surface area contributed by atoms with Gasteiger partial charge in [-0.25, -0.2) is 0 Å². The molecule has 4 heteroatoms. The van der Waals surface area contributed by atoms with Gasteiger partial charge in [-0.1, -0.05) is 19.3 Å². The third-order valence-electron chi connectivity index (χ3n) is 4.88. The van der Waals surface area contributed by atoms with E-state index in [0.29, 0.717) is 6.42 Å². The normalized spacial score (nSPS) is 32.2. The van der Waals surface area contributed by atoms with E-state index in [-0.39, 0.29) is 23.3 Å². The van der Waals surface area contributed by atoms with E-state index in [1.807, 2.05) is 0 Å². The second kappa shape index (κ2) is 4.65. The van der Waals surface area contributed by atoms with Crippen LogP contribution in [0.2, 0.25) is 0 Å². The number of likely N-dealkylation sites (tertiary alicyclic amines) is 1. The minimum absolute atomic E-state index is 0.0793. The first kappa shape index (κ1) is 12.2. The molecule has 2 amide bonds. The standard InChI is InChI=1S/C14H22N2O2/c17-12-9-14(6-2-1-3-7-14)13(18)16(12)11-5-4-8-15-10-11/h11,15H,1-10H2. The van der Waals surface area contributed by atoms with Gasteiger partial charge in [0.1, 0.15) is 0 Å². The van der Waals surface area contributed by atoms with Gasteiger partial charge < -0.3 is 5.32 Å². The third-order valence-corrected chi connectivity index (χ3v) is 4.88. The molecule has 0 aromatic rings. The lowest BCUT2D eigenvalue weighted by molar-refractivity contribution is -0.145. The smallest absolute Gasteiger partial charge is 0.236 e. The van der Waals surface area contributed by atoms with Gasteiger partial charge in [-0.2, -0.15) is 0 Å². The van der Waals surface area contributed by atoms with Gasteiger partial charge in [0.2, 0.25) is 11.8 Å². The van der Waals surface area contributed by atoms with Gasteiger partial charge >= 0.3 is 0 Å². The van der Waals surface area contributed by atoms with E-state index in [0.717, 1.165) is 51.6 Å². The van der Waals surface area contributed by atoms with E-state index >= 15 is 0 Å². The van der Waals surface area contributed by atoms with E-state index in [1.54, 1.807) is 4.90 Å². The Bertz CT molecular complexity index is 355. The van der Waals surface area contributed by atoms with Crippen LogP contribution in [0, 0.1) is 5.41 Å². The predicted octanol–water partition coefficient (Wildman–Crippen LogP) is 1.45. The Morgan fingerprint density at radius 3 is 2.56 bits per heavy atom. The zero-order chi connectivity index (χ0) is 12.6. The maximum absolute atomic E-state index is 12.7. The SMILES string of the molecule is O=C1CC2(CCCCC2)C(=O)N1C1CCCNC1. The molecule has 1 aliphatic carbocycles. The number of rotatable bonds is 1. The summed E-state index contributed by atoms with van der Waals surface area (Å²) in [4.78, 5) is 26.5. The van der Waals surface area contributed by atoms with Crippen LogP contribution in [0.5, 0.6) is 0 Å². The molecule has 1 saturated carbocycles. The van der Waals surface area contributed by atoms with Crippen LogP contribution in [0.25, 0.3) is 0 Å². The summed E-state index contributed by atoms with van der Waals surface area (Å²) in [5.74, 6) is 0.219. The van der Waals surface area contributed by atoms with Gasteiger partial charge in [0.05, 0.1) is 11.5 Å². The number of nitrogens with one attached hydrogen (secondary N) is 1. The average Bonchev–Trinajstić information content (AvgIpc) is 2.63. The van der Waals surface area contributed by atoms with Gasteiger partial charge in [-0.15, -0.1) is 0 Å². The van der Waals surface area contributed by atoms with Crippen LogP contribution in [0.4, 0.5) is 0 Å². The summed E-state index contributed by atoms with van der Waals surface area (Å²) in [6.07, 6.45) is 7.79. The molecular weight excluding hydrogens is 228 g/mol. The number of carbonyl (C=O) groups is 2. The molecule has 2 heterocycles. The van der Waals surface area contributed by atoms with E-state index in [2.05, 4.69) is 5.32 Å². The van der Waals surface area contributed by atoms with Gasteiger partial charge in [0.15, 0.2) is 0 Å². The minimum atomic E-state index is -0.313. The Morgan fingerprint density at radius 2 is 1.89 bits per heavy atom. The lowest BCUT2D eigenvalue weighted by atomic mass is 9.73. The molecule has 2 saturated heterocycles. The van der Waals surface area contributed by atoms with Crippen molar-refractivity contribution in [3.63, 3.8) is 0 Å². The number of carbonyl (C=O) groups excluding carboxylic acids is 2. The van der Waals surface area contributed by atoms with E-state index in [9.17, 15) is 9.59 Å². The van der Waals surface area contributed by atoms with Crippen LogP contribution in [-0.2, 0) is 9.59 Å². The molecule has 1 unspecified atom stereocenters. The van der Waals surface area contributed by atoms with Gasteiger partial charge in [-0.05, 0) is 32.2 Å². The molecule has 1 atom stereocenters. The van der Waals surface area contributed by atoms with Gasteiger partial charge in [-0.3, -0.25) is 14.5 Å². The van der Waals surface area contributed by atoms with Crippen LogP contribution >= 0.6 is 0 Å². The maximum Gasteiger partial charge on any atom is 0.236 e. The summed E-state index contributed by atoms with van der Waals surface area (Å²) in [7, 11) is 0. The molecule has 4 nitrogen and oxygen atoms in total. The van der Waals surface area contributed by atoms with Crippen molar-refractivity contribution in [3.8, 4) is 0 Å². The van der Waals surface area contributed by atoms with Crippen molar-refractivity contribution >= 4 is 11.8 Å². The molecule has 2 aliphatic heterocycles. The first-order chi connectivity index (χ1) is 8.73. The van der Waals surface area contributed by atoms with Crippen LogP contribution in [0.1, 0.15) is 51.4 Å².